The number of amides is 2. The van der Waals surface area contributed by atoms with Gasteiger partial charge in [0.2, 0.25) is 11.8 Å². The summed E-state index contributed by atoms with van der Waals surface area (Å²) in [5, 5.41) is 3.01. The van der Waals surface area contributed by atoms with Crippen molar-refractivity contribution < 1.29 is 9.59 Å². The highest BCUT2D eigenvalue weighted by molar-refractivity contribution is 5.96. The maximum Gasteiger partial charge on any atom is 0.227 e. The summed E-state index contributed by atoms with van der Waals surface area (Å²) in [7, 11) is 0. The Labute approximate surface area is 137 Å². The summed E-state index contributed by atoms with van der Waals surface area (Å²) in [6, 6.07) is 7.66. The van der Waals surface area contributed by atoms with Gasteiger partial charge in [0.05, 0.1) is 0 Å². The molecule has 0 radical (unpaired) electrons. The van der Waals surface area contributed by atoms with Gasteiger partial charge in [-0.05, 0) is 67.7 Å². The molecule has 3 fully saturated rings. The highest BCUT2D eigenvalue weighted by atomic mass is 16.2. The molecule has 3 atom stereocenters. The van der Waals surface area contributed by atoms with E-state index in [0.29, 0.717) is 18.8 Å². The number of rotatable bonds is 4. The molecule has 122 valence electrons. The lowest BCUT2D eigenvalue weighted by Gasteiger charge is -2.21. The van der Waals surface area contributed by atoms with E-state index in [9.17, 15) is 9.59 Å². The molecule has 4 heteroatoms. The Balaban J connectivity index is 1.33. The summed E-state index contributed by atoms with van der Waals surface area (Å²) in [6.07, 6.45) is 7.52. The topological polar surface area (TPSA) is 49.4 Å². The smallest absolute Gasteiger partial charge is 0.227 e. The second-order valence-corrected chi connectivity index (χ2v) is 7.38. The standard InChI is InChI=1S/C19H24N2O2/c22-18(12-15-11-13-3-4-14(15)10-13)20-16-5-7-17(8-6-16)21-9-1-2-19(21)23/h5-8,13-15H,1-4,9-12H2,(H,20,22)/t13-,14+,15-/m0/s1. The zero-order valence-electron chi connectivity index (χ0n) is 13.5. The van der Waals surface area contributed by atoms with E-state index < -0.39 is 0 Å². The number of hydrogen-bond acceptors (Lipinski definition) is 2. The summed E-state index contributed by atoms with van der Waals surface area (Å²) in [5.41, 5.74) is 1.76. The van der Waals surface area contributed by atoms with Crippen molar-refractivity contribution in [2.75, 3.05) is 16.8 Å². The van der Waals surface area contributed by atoms with Crippen molar-refractivity contribution >= 4 is 23.2 Å². The van der Waals surface area contributed by atoms with E-state index in [1.54, 1.807) is 0 Å². The first kappa shape index (κ1) is 14.7. The highest BCUT2D eigenvalue weighted by Crippen LogP contribution is 2.49. The number of fused-ring (bicyclic) bond motifs is 2. The van der Waals surface area contributed by atoms with Crippen molar-refractivity contribution in [1.82, 2.24) is 0 Å². The van der Waals surface area contributed by atoms with Gasteiger partial charge in [0, 0.05) is 30.8 Å². The van der Waals surface area contributed by atoms with Crippen LogP contribution < -0.4 is 10.2 Å². The summed E-state index contributed by atoms with van der Waals surface area (Å²) < 4.78 is 0. The van der Waals surface area contributed by atoms with Crippen molar-refractivity contribution in [3.05, 3.63) is 24.3 Å². The second kappa shape index (κ2) is 5.99. The number of benzene rings is 1. The molecule has 0 aromatic heterocycles. The zero-order valence-corrected chi connectivity index (χ0v) is 13.5. The third-order valence-electron chi connectivity index (χ3n) is 5.87. The number of carbonyl (C=O) groups is 2. The van der Waals surface area contributed by atoms with E-state index in [1.807, 2.05) is 29.2 Å². The first-order valence-electron chi connectivity index (χ1n) is 8.89. The minimum Gasteiger partial charge on any atom is -0.326 e. The molecule has 2 saturated carbocycles. The van der Waals surface area contributed by atoms with E-state index in [2.05, 4.69) is 5.32 Å². The lowest BCUT2D eigenvalue weighted by molar-refractivity contribution is -0.118. The normalized spacial score (nSPS) is 29.3. The maximum absolute atomic E-state index is 12.3. The Morgan fingerprint density at radius 1 is 1.17 bits per heavy atom. The third kappa shape index (κ3) is 2.99. The number of anilines is 2. The van der Waals surface area contributed by atoms with Crippen LogP contribution in [0.25, 0.3) is 0 Å². The van der Waals surface area contributed by atoms with E-state index in [1.165, 1.54) is 25.7 Å². The minimum atomic E-state index is 0.132. The predicted octanol–water partition coefficient (Wildman–Crippen LogP) is 3.58. The molecule has 1 aromatic rings. The van der Waals surface area contributed by atoms with Gasteiger partial charge in [0.15, 0.2) is 0 Å². The molecule has 4 nitrogen and oxygen atoms in total. The molecule has 2 bridgehead atoms. The molecule has 1 saturated heterocycles. The SMILES string of the molecule is O=C(C[C@@H]1C[C@H]2CC[C@@H]1C2)Nc1ccc(N2CCCC2=O)cc1. The van der Waals surface area contributed by atoms with Gasteiger partial charge in [0.25, 0.3) is 0 Å². The Hall–Kier alpha value is -1.84. The maximum atomic E-state index is 12.3. The average Bonchev–Trinajstić information content (AvgIpc) is 3.25. The van der Waals surface area contributed by atoms with E-state index >= 15 is 0 Å². The van der Waals surface area contributed by atoms with Crippen LogP contribution in [0, 0.1) is 17.8 Å². The number of nitrogens with one attached hydrogen (secondary N) is 1. The molecule has 3 aliphatic rings. The Kier molecular flexibility index (Phi) is 3.83. The van der Waals surface area contributed by atoms with Crippen molar-refractivity contribution in [2.24, 2.45) is 17.8 Å². The first-order chi connectivity index (χ1) is 11.2. The Bertz CT molecular complexity index is 610. The molecule has 23 heavy (non-hydrogen) atoms. The fourth-order valence-corrected chi connectivity index (χ4v) is 4.72. The monoisotopic (exact) mass is 312 g/mol. The van der Waals surface area contributed by atoms with Crippen LogP contribution in [0.2, 0.25) is 0 Å². The molecule has 1 aliphatic heterocycles. The molecule has 0 spiro atoms. The van der Waals surface area contributed by atoms with Gasteiger partial charge in [-0.25, -0.2) is 0 Å². The number of hydrogen-bond donors (Lipinski definition) is 1. The number of carbonyl (C=O) groups excluding carboxylic acids is 2. The molecule has 1 N–H and O–H groups in total. The summed E-state index contributed by atoms with van der Waals surface area (Å²) in [4.78, 5) is 25.8. The summed E-state index contributed by atoms with van der Waals surface area (Å²) in [5.74, 6) is 2.59. The quantitative estimate of drug-likeness (QED) is 0.924. The van der Waals surface area contributed by atoms with Crippen LogP contribution in [0.15, 0.2) is 24.3 Å². The summed E-state index contributed by atoms with van der Waals surface area (Å²) in [6.45, 7) is 0.800. The molecular formula is C19H24N2O2. The van der Waals surface area contributed by atoms with Crippen molar-refractivity contribution in [3.63, 3.8) is 0 Å². The molecule has 1 heterocycles. The lowest BCUT2D eigenvalue weighted by atomic mass is 9.86. The Morgan fingerprint density at radius 3 is 2.61 bits per heavy atom. The van der Waals surface area contributed by atoms with Crippen LogP contribution in [0.5, 0.6) is 0 Å². The molecule has 4 rings (SSSR count). The van der Waals surface area contributed by atoms with Gasteiger partial charge < -0.3 is 10.2 Å². The van der Waals surface area contributed by atoms with E-state index in [0.717, 1.165) is 36.2 Å². The highest BCUT2D eigenvalue weighted by Gasteiger charge is 2.40. The molecular weight excluding hydrogens is 288 g/mol. The van der Waals surface area contributed by atoms with Gasteiger partial charge >= 0.3 is 0 Å². The lowest BCUT2D eigenvalue weighted by Crippen LogP contribution is -2.23. The van der Waals surface area contributed by atoms with Crippen LogP contribution in [0.1, 0.15) is 44.9 Å². The Morgan fingerprint density at radius 2 is 2.00 bits per heavy atom. The van der Waals surface area contributed by atoms with Gasteiger partial charge in [-0.2, -0.15) is 0 Å². The van der Waals surface area contributed by atoms with E-state index in [-0.39, 0.29) is 11.8 Å². The van der Waals surface area contributed by atoms with Crippen LogP contribution in [0.3, 0.4) is 0 Å². The average molecular weight is 312 g/mol. The fraction of sp³-hybridized carbons (Fsp3) is 0.579. The van der Waals surface area contributed by atoms with E-state index in [4.69, 9.17) is 0 Å². The first-order valence-corrected chi connectivity index (χ1v) is 8.89. The molecule has 1 aromatic carbocycles. The van der Waals surface area contributed by atoms with Gasteiger partial charge in [0.1, 0.15) is 0 Å². The molecule has 0 unspecified atom stereocenters. The predicted molar refractivity (Wildman–Crippen MR) is 90.2 cm³/mol. The van der Waals surface area contributed by atoms with Crippen molar-refractivity contribution in [1.29, 1.82) is 0 Å². The van der Waals surface area contributed by atoms with Gasteiger partial charge in [-0.15, -0.1) is 0 Å². The van der Waals surface area contributed by atoms with Crippen molar-refractivity contribution in [2.45, 2.75) is 44.9 Å². The molecule has 2 amide bonds. The largest absolute Gasteiger partial charge is 0.326 e. The molecule has 2 aliphatic carbocycles. The van der Waals surface area contributed by atoms with Crippen LogP contribution in [-0.2, 0) is 9.59 Å². The summed E-state index contributed by atoms with van der Waals surface area (Å²) >= 11 is 0. The number of nitrogens with zero attached hydrogens (tertiary/aromatic N) is 1. The van der Waals surface area contributed by atoms with Crippen LogP contribution in [0.4, 0.5) is 11.4 Å². The fourth-order valence-electron chi connectivity index (χ4n) is 4.72. The minimum absolute atomic E-state index is 0.132. The van der Waals surface area contributed by atoms with Crippen molar-refractivity contribution in [3.8, 4) is 0 Å². The van der Waals surface area contributed by atoms with Gasteiger partial charge in [-0.1, -0.05) is 6.42 Å². The van der Waals surface area contributed by atoms with Crippen LogP contribution >= 0.6 is 0 Å². The van der Waals surface area contributed by atoms with Crippen LogP contribution in [-0.4, -0.2) is 18.4 Å². The second-order valence-electron chi connectivity index (χ2n) is 7.38. The zero-order chi connectivity index (χ0) is 15.8. The van der Waals surface area contributed by atoms with Gasteiger partial charge in [-0.3, -0.25) is 9.59 Å². The third-order valence-corrected chi connectivity index (χ3v) is 5.87.